The molecule has 2 atom stereocenters. The molecule has 2 aromatic carbocycles. The van der Waals surface area contributed by atoms with E-state index >= 15 is 0 Å². The second kappa shape index (κ2) is 13.7. The lowest BCUT2D eigenvalue weighted by atomic mass is 9.78. The third kappa shape index (κ3) is 7.92. The Morgan fingerprint density at radius 3 is 2.41 bits per heavy atom. The van der Waals surface area contributed by atoms with E-state index in [1.807, 2.05) is 30.8 Å². The third-order valence-corrected chi connectivity index (χ3v) is 7.94. The van der Waals surface area contributed by atoms with Crippen LogP contribution in [0.3, 0.4) is 0 Å². The van der Waals surface area contributed by atoms with E-state index in [4.69, 9.17) is 9.72 Å². The van der Waals surface area contributed by atoms with Crippen molar-refractivity contribution in [3.63, 3.8) is 0 Å². The van der Waals surface area contributed by atoms with Gasteiger partial charge in [0.05, 0.1) is 41.3 Å². The van der Waals surface area contributed by atoms with Gasteiger partial charge in [0, 0.05) is 37.0 Å². The molecule has 0 saturated carbocycles. The molecule has 1 aliphatic rings. The van der Waals surface area contributed by atoms with E-state index < -0.39 is 27.4 Å². The second-order valence-electron chi connectivity index (χ2n) is 10.9. The molecular weight excluding hydrogens is 597 g/mol. The number of nitrogens with zero attached hydrogens (tertiary/aromatic N) is 4. The summed E-state index contributed by atoms with van der Waals surface area (Å²) in [5.41, 5.74) is -1.94. The number of hydrogen-bond acceptors (Lipinski definition) is 8. The van der Waals surface area contributed by atoms with Gasteiger partial charge in [0.25, 0.3) is 0 Å². The largest absolute Gasteiger partial charge is 0.416 e. The molecule has 10 nitrogen and oxygen atoms in total. The second-order valence-corrected chi connectivity index (χ2v) is 11.7. The molecule has 0 bridgehead atoms. The molecule has 1 aromatic heterocycles. The van der Waals surface area contributed by atoms with Gasteiger partial charge in [-0.15, -0.1) is 0 Å². The van der Waals surface area contributed by atoms with Crippen molar-refractivity contribution in [3.05, 3.63) is 71.4 Å². The smallest absolute Gasteiger partial charge is 0.377 e. The molecule has 1 unspecified atom stereocenters. The number of carbonyl (C=O) groups excluding carboxylic acids is 1. The lowest BCUT2D eigenvalue weighted by molar-refractivity contribution is -0.138. The van der Waals surface area contributed by atoms with Gasteiger partial charge in [0.1, 0.15) is 5.82 Å². The number of halogens is 3. The minimum Gasteiger partial charge on any atom is -0.377 e. The van der Waals surface area contributed by atoms with Crippen LogP contribution in [0.25, 0.3) is 11.4 Å². The Morgan fingerprint density at radius 1 is 1.11 bits per heavy atom. The number of aromatic nitrogens is 2. The normalized spacial score (nSPS) is 16.7. The van der Waals surface area contributed by atoms with Crippen molar-refractivity contribution >= 4 is 33.2 Å². The van der Waals surface area contributed by atoms with Crippen LogP contribution in [-0.2, 0) is 26.6 Å². The maximum atomic E-state index is 14.2. The Bertz CT molecular complexity index is 1610. The van der Waals surface area contributed by atoms with Gasteiger partial charge in [0.15, 0.2) is 5.82 Å². The van der Waals surface area contributed by atoms with Crippen LogP contribution < -0.4 is 15.5 Å². The number of ether oxygens (including phenoxy) is 1. The van der Waals surface area contributed by atoms with Crippen LogP contribution in [0.2, 0.25) is 0 Å². The number of alkyl halides is 3. The predicted octanol–water partition coefficient (Wildman–Crippen LogP) is 4.06. The third-order valence-electron chi connectivity index (χ3n) is 7.28. The average molecular weight is 633 g/mol. The fourth-order valence-electron chi connectivity index (χ4n) is 4.95. The average Bonchev–Trinajstić information content (AvgIpc) is 2.96. The summed E-state index contributed by atoms with van der Waals surface area (Å²) in [6.45, 7) is 5.76. The van der Waals surface area contributed by atoms with Gasteiger partial charge >= 0.3 is 12.2 Å². The number of amides is 2. The number of morpholine rings is 1. The van der Waals surface area contributed by atoms with E-state index in [1.54, 1.807) is 24.3 Å². The van der Waals surface area contributed by atoms with Crippen LogP contribution in [0.5, 0.6) is 0 Å². The Morgan fingerprint density at radius 2 is 1.80 bits per heavy atom. The van der Waals surface area contributed by atoms with Crippen molar-refractivity contribution in [2.24, 2.45) is 0 Å². The summed E-state index contributed by atoms with van der Waals surface area (Å²) in [6.07, 6.45) is -4.74. The Hall–Kier alpha value is -4.01. The van der Waals surface area contributed by atoms with Gasteiger partial charge < -0.3 is 25.2 Å². The molecule has 0 aliphatic carbocycles. The first kappa shape index (κ1) is 32.9. The SMILES string of the molecule is C[C@H]1COCCN1c1cc(C(C)(C=S(=O)=O)c2ccccc2C(F)(F)F)nc(-c2ccc(NC(=O)NCCN(C)C)cc2)n1. The first-order chi connectivity index (χ1) is 20.8. The standard InChI is InChI=1S/C30H35F3N6O4S/c1-20-18-43-16-15-39(20)26-17-25(29(2,19-44(41)42)23-7-5-6-8-24(23)30(31,32)33)36-27(37-26)21-9-11-22(12-10-21)35-28(40)34-13-14-38(3)4/h5-12,17,19-20H,13-16,18H2,1-4H3,(H2,34,35,40)/t20-,29?/m0/s1. The molecule has 2 N–H and O–H groups in total. The van der Waals surface area contributed by atoms with E-state index in [9.17, 15) is 26.4 Å². The molecule has 236 valence electrons. The van der Waals surface area contributed by atoms with Gasteiger partial charge in [-0.25, -0.2) is 14.8 Å². The van der Waals surface area contributed by atoms with Gasteiger partial charge in [-0.2, -0.15) is 21.6 Å². The van der Waals surface area contributed by atoms with Crippen molar-refractivity contribution in [1.82, 2.24) is 20.2 Å². The highest BCUT2D eigenvalue weighted by Crippen LogP contribution is 2.41. The van der Waals surface area contributed by atoms with E-state index in [-0.39, 0.29) is 29.2 Å². The molecule has 2 heterocycles. The van der Waals surface area contributed by atoms with Crippen LogP contribution in [0, 0.1) is 0 Å². The lowest BCUT2D eigenvalue weighted by Crippen LogP contribution is -2.44. The summed E-state index contributed by atoms with van der Waals surface area (Å²) in [5, 5.41) is 6.34. The lowest BCUT2D eigenvalue weighted by Gasteiger charge is -2.35. The number of urea groups is 1. The summed E-state index contributed by atoms with van der Waals surface area (Å²) in [5.74, 6) is 0.600. The van der Waals surface area contributed by atoms with Gasteiger partial charge in [0.2, 0.25) is 10.3 Å². The summed E-state index contributed by atoms with van der Waals surface area (Å²) >= 11 is 0. The van der Waals surface area contributed by atoms with Crippen molar-refractivity contribution in [1.29, 1.82) is 0 Å². The molecule has 1 saturated heterocycles. The van der Waals surface area contributed by atoms with E-state index in [0.717, 1.165) is 11.4 Å². The highest BCUT2D eigenvalue weighted by Gasteiger charge is 2.41. The Labute approximate surface area is 255 Å². The molecule has 1 fully saturated rings. The molecule has 14 heteroatoms. The fourth-order valence-corrected chi connectivity index (χ4v) is 5.59. The predicted molar refractivity (Wildman–Crippen MR) is 164 cm³/mol. The van der Waals surface area contributed by atoms with Crippen LogP contribution in [0.4, 0.5) is 29.5 Å². The number of anilines is 2. The zero-order valence-corrected chi connectivity index (χ0v) is 25.7. The summed E-state index contributed by atoms with van der Waals surface area (Å²) in [6, 6.07) is 12.6. The molecular formula is C30H35F3N6O4S. The molecule has 0 spiro atoms. The fraction of sp³-hybridized carbons (Fsp3) is 0.400. The number of carbonyl (C=O) groups is 1. The summed E-state index contributed by atoms with van der Waals surface area (Å²) in [7, 11) is 0.958. The monoisotopic (exact) mass is 632 g/mol. The molecule has 4 rings (SSSR count). The molecule has 1 aliphatic heterocycles. The topological polar surface area (TPSA) is 117 Å². The summed E-state index contributed by atoms with van der Waals surface area (Å²) < 4.78 is 72.3. The van der Waals surface area contributed by atoms with Crippen LogP contribution in [0.1, 0.15) is 30.7 Å². The van der Waals surface area contributed by atoms with Gasteiger partial charge in [-0.3, -0.25) is 0 Å². The Kier molecular flexibility index (Phi) is 10.3. The first-order valence-electron chi connectivity index (χ1n) is 13.9. The van der Waals surface area contributed by atoms with E-state index in [2.05, 4.69) is 15.6 Å². The summed E-state index contributed by atoms with van der Waals surface area (Å²) in [4.78, 5) is 25.6. The van der Waals surface area contributed by atoms with Crippen molar-refractivity contribution in [2.75, 3.05) is 57.2 Å². The number of likely N-dealkylation sites (N-methyl/N-ethyl adjacent to an activating group) is 1. The van der Waals surface area contributed by atoms with Gasteiger partial charge in [-0.1, -0.05) is 18.2 Å². The Balaban J connectivity index is 1.82. The van der Waals surface area contributed by atoms with Crippen LogP contribution in [-0.4, -0.2) is 87.7 Å². The van der Waals surface area contributed by atoms with Crippen LogP contribution >= 0.6 is 0 Å². The highest BCUT2D eigenvalue weighted by atomic mass is 32.2. The molecule has 3 aromatic rings. The minimum atomic E-state index is -4.74. The number of benzene rings is 2. The number of hydrogen-bond donors (Lipinski definition) is 2. The highest BCUT2D eigenvalue weighted by molar-refractivity contribution is 7.71. The van der Waals surface area contributed by atoms with Crippen molar-refractivity contribution in [3.8, 4) is 11.4 Å². The van der Waals surface area contributed by atoms with Crippen LogP contribution in [0.15, 0.2) is 54.6 Å². The number of rotatable bonds is 9. The van der Waals surface area contributed by atoms with E-state index in [0.29, 0.717) is 49.9 Å². The maximum Gasteiger partial charge on any atom is 0.416 e. The van der Waals surface area contributed by atoms with Crippen molar-refractivity contribution < 1.29 is 31.1 Å². The molecule has 0 radical (unpaired) electrons. The quantitative estimate of drug-likeness (QED) is 0.340. The zero-order chi connectivity index (χ0) is 32.1. The zero-order valence-electron chi connectivity index (χ0n) is 24.9. The molecule has 44 heavy (non-hydrogen) atoms. The molecule has 2 amide bonds. The first-order valence-corrected chi connectivity index (χ1v) is 15.1. The maximum absolute atomic E-state index is 14.2. The van der Waals surface area contributed by atoms with Gasteiger partial charge in [-0.05, 0) is 63.8 Å². The van der Waals surface area contributed by atoms with E-state index in [1.165, 1.54) is 31.2 Å². The minimum absolute atomic E-state index is 0.0690. The number of nitrogens with one attached hydrogen (secondary N) is 2. The van der Waals surface area contributed by atoms with Crippen molar-refractivity contribution in [2.45, 2.75) is 31.5 Å².